The molecule has 106 valence electrons. The Morgan fingerprint density at radius 1 is 1.53 bits per heavy atom. The Hall–Kier alpha value is -1.33. The molecule has 0 radical (unpaired) electrons. The maximum Gasteiger partial charge on any atom is 0.269 e. The van der Waals surface area contributed by atoms with E-state index in [2.05, 4.69) is 16.8 Å². The van der Waals surface area contributed by atoms with Gasteiger partial charge in [-0.2, -0.15) is 0 Å². The van der Waals surface area contributed by atoms with Crippen LogP contribution in [0.5, 0.6) is 0 Å². The fourth-order valence-electron chi connectivity index (χ4n) is 2.57. The Labute approximate surface area is 114 Å². The second-order valence-corrected chi connectivity index (χ2v) is 6.07. The first-order chi connectivity index (χ1) is 8.93. The summed E-state index contributed by atoms with van der Waals surface area (Å²) in [5.41, 5.74) is 7.80. The maximum absolute atomic E-state index is 11.8. The van der Waals surface area contributed by atoms with Crippen molar-refractivity contribution in [2.75, 3.05) is 33.7 Å². The van der Waals surface area contributed by atoms with Gasteiger partial charge in [0.15, 0.2) is 0 Å². The van der Waals surface area contributed by atoms with Crippen LogP contribution in [0.3, 0.4) is 0 Å². The largest absolute Gasteiger partial charge is 0.353 e. The number of carbonyl (C=O) groups is 1. The summed E-state index contributed by atoms with van der Waals surface area (Å²) < 4.78 is 0. The highest BCUT2D eigenvalue weighted by Crippen LogP contribution is 2.29. The van der Waals surface area contributed by atoms with Crippen LogP contribution in [-0.2, 0) is 6.54 Å². The van der Waals surface area contributed by atoms with Crippen LogP contribution < -0.4 is 5.73 Å². The number of hydrogen-bond donors (Lipinski definition) is 2. The fourth-order valence-corrected chi connectivity index (χ4v) is 2.57. The molecule has 1 saturated heterocycles. The van der Waals surface area contributed by atoms with E-state index in [0.29, 0.717) is 5.69 Å². The van der Waals surface area contributed by atoms with E-state index in [0.717, 1.165) is 38.3 Å². The van der Waals surface area contributed by atoms with Crippen LogP contribution in [0, 0.1) is 5.41 Å². The van der Waals surface area contributed by atoms with Crippen LogP contribution in [0.25, 0.3) is 0 Å². The van der Waals surface area contributed by atoms with Crippen molar-refractivity contribution >= 4 is 5.91 Å². The molecule has 0 aromatic carbocycles. The number of carbonyl (C=O) groups excluding carboxylic acids is 1. The van der Waals surface area contributed by atoms with Gasteiger partial charge < -0.3 is 15.6 Å². The number of rotatable bonds is 4. The molecule has 5 nitrogen and oxygen atoms in total. The van der Waals surface area contributed by atoms with Gasteiger partial charge in [-0.25, -0.2) is 0 Å². The summed E-state index contributed by atoms with van der Waals surface area (Å²) in [6, 6.07) is 3.85. The molecular weight excluding hydrogens is 240 g/mol. The molecule has 0 bridgehead atoms. The van der Waals surface area contributed by atoms with Crippen molar-refractivity contribution in [3.63, 3.8) is 0 Å². The SMILES string of the molecule is CN(C)C(=O)c1ccc(CN2CCC(C)(CN)C2)[nH]1. The summed E-state index contributed by atoms with van der Waals surface area (Å²) in [6.45, 7) is 5.93. The van der Waals surface area contributed by atoms with Gasteiger partial charge in [-0.1, -0.05) is 6.92 Å². The van der Waals surface area contributed by atoms with Crippen molar-refractivity contribution in [1.29, 1.82) is 0 Å². The molecule has 2 heterocycles. The molecule has 19 heavy (non-hydrogen) atoms. The first-order valence-electron chi connectivity index (χ1n) is 6.75. The number of H-pyrrole nitrogens is 1. The van der Waals surface area contributed by atoms with Crippen molar-refractivity contribution in [3.05, 3.63) is 23.5 Å². The molecule has 5 heteroatoms. The zero-order valence-electron chi connectivity index (χ0n) is 12.1. The highest BCUT2D eigenvalue weighted by Gasteiger charge is 2.32. The number of aromatic nitrogens is 1. The van der Waals surface area contributed by atoms with Crippen molar-refractivity contribution in [2.45, 2.75) is 19.9 Å². The summed E-state index contributed by atoms with van der Waals surface area (Å²) >= 11 is 0. The predicted molar refractivity (Wildman–Crippen MR) is 75.9 cm³/mol. The molecule has 1 amide bonds. The van der Waals surface area contributed by atoms with Crippen molar-refractivity contribution < 1.29 is 4.79 Å². The molecule has 1 aliphatic rings. The van der Waals surface area contributed by atoms with E-state index in [4.69, 9.17) is 5.73 Å². The molecule has 1 aromatic rings. The molecule has 1 unspecified atom stereocenters. The van der Waals surface area contributed by atoms with E-state index in [9.17, 15) is 4.79 Å². The summed E-state index contributed by atoms with van der Waals surface area (Å²) in [6.07, 6.45) is 1.15. The average molecular weight is 264 g/mol. The normalized spacial score (nSPS) is 23.8. The zero-order chi connectivity index (χ0) is 14.0. The standard InChI is InChI=1S/C14H24N4O/c1-14(9-15)6-7-18(10-14)8-11-4-5-12(16-11)13(19)17(2)3/h4-5,16H,6-10,15H2,1-3H3. The van der Waals surface area contributed by atoms with E-state index in [1.807, 2.05) is 12.1 Å². The van der Waals surface area contributed by atoms with Crippen molar-refractivity contribution in [3.8, 4) is 0 Å². The Kier molecular flexibility index (Phi) is 3.96. The molecule has 1 aliphatic heterocycles. The molecule has 0 saturated carbocycles. The zero-order valence-corrected chi connectivity index (χ0v) is 12.1. The summed E-state index contributed by atoms with van der Waals surface area (Å²) in [7, 11) is 3.52. The lowest BCUT2D eigenvalue weighted by molar-refractivity contribution is 0.0822. The predicted octanol–water partition coefficient (Wildman–Crippen LogP) is 0.887. The van der Waals surface area contributed by atoms with Gasteiger partial charge in [0.05, 0.1) is 0 Å². The van der Waals surface area contributed by atoms with E-state index in [-0.39, 0.29) is 11.3 Å². The van der Waals surface area contributed by atoms with E-state index in [1.165, 1.54) is 0 Å². The monoisotopic (exact) mass is 264 g/mol. The molecular formula is C14H24N4O. The fraction of sp³-hybridized carbons (Fsp3) is 0.643. The molecule has 1 atom stereocenters. The Bertz CT molecular complexity index is 454. The van der Waals surface area contributed by atoms with E-state index < -0.39 is 0 Å². The van der Waals surface area contributed by atoms with Crippen LogP contribution in [0.4, 0.5) is 0 Å². The van der Waals surface area contributed by atoms with Gasteiger partial charge in [0, 0.05) is 32.9 Å². The number of nitrogens with two attached hydrogens (primary N) is 1. The van der Waals surface area contributed by atoms with Gasteiger partial charge >= 0.3 is 0 Å². The van der Waals surface area contributed by atoms with Crippen molar-refractivity contribution in [1.82, 2.24) is 14.8 Å². The minimum atomic E-state index is 0.0134. The van der Waals surface area contributed by atoms with Gasteiger partial charge in [0.1, 0.15) is 5.69 Å². The van der Waals surface area contributed by atoms with Crippen LogP contribution in [0.15, 0.2) is 12.1 Å². The first-order valence-corrected chi connectivity index (χ1v) is 6.75. The molecule has 2 rings (SSSR count). The van der Waals surface area contributed by atoms with E-state index >= 15 is 0 Å². The number of hydrogen-bond acceptors (Lipinski definition) is 3. The van der Waals surface area contributed by atoms with Crippen LogP contribution in [0.2, 0.25) is 0 Å². The molecule has 0 aliphatic carbocycles. The number of likely N-dealkylation sites (tertiary alicyclic amines) is 1. The molecule has 3 N–H and O–H groups in total. The Balaban J connectivity index is 1.96. The minimum absolute atomic E-state index is 0.0134. The highest BCUT2D eigenvalue weighted by atomic mass is 16.2. The van der Waals surface area contributed by atoms with Crippen molar-refractivity contribution in [2.24, 2.45) is 11.1 Å². The van der Waals surface area contributed by atoms with Crippen LogP contribution in [-0.4, -0.2) is 54.4 Å². The third-order valence-corrected chi connectivity index (χ3v) is 3.91. The average Bonchev–Trinajstić information content (AvgIpc) is 2.97. The quantitative estimate of drug-likeness (QED) is 0.848. The van der Waals surface area contributed by atoms with Crippen LogP contribution >= 0.6 is 0 Å². The van der Waals surface area contributed by atoms with Gasteiger partial charge in [-0.15, -0.1) is 0 Å². The second-order valence-electron chi connectivity index (χ2n) is 6.07. The number of nitrogens with zero attached hydrogens (tertiary/aromatic N) is 2. The molecule has 0 spiro atoms. The van der Waals surface area contributed by atoms with Gasteiger partial charge in [0.25, 0.3) is 5.91 Å². The lowest BCUT2D eigenvalue weighted by atomic mass is 9.90. The smallest absolute Gasteiger partial charge is 0.269 e. The van der Waals surface area contributed by atoms with Crippen LogP contribution in [0.1, 0.15) is 29.5 Å². The third-order valence-electron chi connectivity index (χ3n) is 3.91. The maximum atomic E-state index is 11.8. The summed E-state index contributed by atoms with van der Waals surface area (Å²) in [4.78, 5) is 19.0. The lowest BCUT2D eigenvalue weighted by Crippen LogP contribution is -2.31. The number of aromatic amines is 1. The third kappa shape index (κ3) is 3.16. The summed E-state index contributed by atoms with van der Waals surface area (Å²) in [5.74, 6) is 0.0134. The Morgan fingerprint density at radius 2 is 2.26 bits per heavy atom. The minimum Gasteiger partial charge on any atom is -0.353 e. The second kappa shape index (κ2) is 5.35. The topological polar surface area (TPSA) is 65.4 Å². The first kappa shape index (κ1) is 14.1. The van der Waals surface area contributed by atoms with E-state index in [1.54, 1.807) is 19.0 Å². The van der Waals surface area contributed by atoms with Gasteiger partial charge in [0.2, 0.25) is 0 Å². The Morgan fingerprint density at radius 3 is 2.84 bits per heavy atom. The summed E-state index contributed by atoms with van der Waals surface area (Å²) in [5, 5.41) is 0. The molecule has 1 aromatic heterocycles. The lowest BCUT2D eigenvalue weighted by Gasteiger charge is -2.22. The highest BCUT2D eigenvalue weighted by molar-refractivity contribution is 5.92. The number of nitrogens with one attached hydrogen (secondary N) is 1. The number of amides is 1. The van der Waals surface area contributed by atoms with Gasteiger partial charge in [-0.3, -0.25) is 9.69 Å². The van der Waals surface area contributed by atoms with Gasteiger partial charge in [-0.05, 0) is 37.1 Å². The molecule has 1 fully saturated rings.